The van der Waals surface area contributed by atoms with E-state index in [-0.39, 0.29) is 11.8 Å². The Kier molecular flexibility index (Phi) is 5.50. The van der Waals surface area contributed by atoms with Crippen molar-refractivity contribution in [3.63, 3.8) is 0 Å². The van der Waals surface area contributed by atoms with Gasteiger partial charge in [0.25, 0.3) is 0 Å². The number of hydrogen-bond acceptors (Lipinski definition) is 2. The van der Waals surface area contributed by atoms with Gasteiger partial charge in [-0.2, -0.15) is 0 Å². The molecule has 0 N–H and O–H groups in total. The SMILES string of the molecule is C[Si](C)(C)C1(S(=O)(=O)c2ccccc2)[C@H](Cc2ccccc2)[C@@H]1Cc1ccccc1. The Bertz CT molecular complexity index is 1040. The third-order valence-corrected chi connectivity index (χ3v) is 14.9. The summed E-state index contributed by atoms with van der Waals surface area (Å²) >= 11 is 0. The molecule has 0 aliphatic heterocycles. The van der Waals surface area contributed by atoms with E-state index in [1.54, 1.807) is 12.1 Å². The number of rotatable bonds is 7. The minimum atomic E-state index is -3.46. The van der Waals surface area contributed by atoms with Crippen LogP contribution >= 0.6 is 0 Å². The quantitative estimate of drug-likeness (QED) is 0.440. The largest absolute Gasteiger partial charge is 0.223 e. The molecule has 1 saturated carbocycles. The first kappa shape index (κ1) is 21.1. The summed E-state index contributed by atoms with van der Waals surface area (Å²) in [5.41, 5.74) is 2.45. The standard InChI is InChI=1S/C26H30O2SSi/c1-30(2,3)26(29(27,28)23-17-11-6-12-18-23)24(19-21-13-7-4-8-14-21)25(26)20-22-15-9-5-10-16-22/h4-18,24-25H,19-20H2,1-3H3/t24-,25+,26?. The molecule has 1 aliphatic rings. The Morgan fingerprint density at radius 2 is 1.03 bits per heavy atom. The zero-order valence-electron chi connectivity index (χ0n) is 18.0. The summed E-state index contributed by atoms with van der Waals surface area (Å²) in [6, 6.07) is 29.8. The van der Waals surface area contributed by atoms with E-state index in [1.807, 2.05) is 54.6 Å². The molecular weight excluding hydrogens is 404 g/mol. The molecule has 1 unspecified atom stereocenters. The molecule has 0 spiro atoms. The third kappa shape index (κ3) is 3.46. The van der Waals surface area contributed by atoms with Crippen molar-refractivity contribution < 1.29 is 8.42 Å². The minimum absolute atomic E-state index is 0.136. The summed E-state index contributed by atoms with van der Waals surface area (Å²) in [5.74, 6) is 0.272. The van der Waals surface area contributed by atoms with Crippen LogP contribution in [0.3, 0.4) is 0 Å². The van der Waals surface area contributed by atoms with E-state index in [9.17, 15) is 8.42 Å². The van der Waals surface area contributed by atoms with E-state index in [0.29, 0.717) is 4.90 Å². The fourth-order valence-corrected chi connectivity index (χ4v) is 14.0. The van der Waals surface area contributed by atoms with Crippen LogP contribution in [0, 0.1) is 11.8 Å². The van der Waals surface area contributed by atoms with Crippen molar-refractivity contribution in [2.45, 2.75) is 41.7 Å². The maximum atomic E-state index is 14.2. The lowest BCUT2D eigenvalue weighted by atomic mass is 10.0. The Morgan fingerprint density at radius 3 is 1.40 bits per heavy atom. The van der Waals surface area contributed by atoms with Crippen molar-refractivity contribution >= 4 is 17.9 Å². The van der Waals surface area contributed by atoms with Gasteiger partial charge in [-0.25, -0.2) is 8.42 Å². The van der Waals surface area contributed by atoms with Crippen LogP contribution in [0.15, 0.2) is 95.9 Å². The molecular formula is C26H30O2SSi. The number of sulfone groups is 1. The second-order valence-corrected chi connectivity index (χ2v) is 17.3. The van der Waals surface area contributed by atoms with Crippen LogP contribution < -0.4 is 0 Å². The predicted octanol–water partition coefficient (Wildman–Crippen LogP) is 5.81. The first-order chi connectivity index (χ1) is 14.3. The summed E-state index contributed by atoms with van der Waals surface area (Å²) in [4.78, 5) is 0.473. The summed E-state index contributed by atoms with van der Waals surface area (Å²) in [6.07, 6.45) is 1.63. The summed E-state index contributed by atoms with van der Waals surface area (Å²) in [5, 5.41) is 0. The highest BCUT2D eigenvalue weighted by atomic mass is 32.2. The van der Waals surface area contributed by atoms with Crippen LogP contribution in [0.4, 0.5) is 0 Å². The van der Waals surface area contributed by atoms with Crippen molar-refractivity contribution in [3.05, 3.63) is 102 Å². The molecule has 156 valence electrons. The van der Waals surface area contributed by atoms with Crippen molar-refractivity contribution in [1.29, 1.82) is 0 Å². The summed E-state index contributed by atoms with van der Waals surface area (Å²) in [6.45, 7) is 6.70. The molecule has 1 fully saturated rings. The molecule has 0 amide bonds. The molecule has 30 heavy (non-hydrogen) atoms. The van der Waals surface area contributed by atoms with Crippen LogP contribution in [0.25, 0.3) is 0 Å². The molecule has 4 rings (SSSR count). The lowest BCUT2D eigenvalue weighted by Crippen LogP contribution is -2.50. The second-order valence-electron chi connectivity index (χ2n) is 9.45. The Morgan fingerprint density at radius 1 is 0.667 bits per heavy atom. The maximum absolute atomic E-state index is 14.2. The van der Waals surface area contributed by atoms with Crippen LogP contribution in [0.5, 0.6) is 0 Å². The van der Waals surface area contributed by atoms with Crippen LogP contribution in [0.2, 0.25) is 19.6 Å². The van der Waals surface area contributed by atoms with Gasteiger partial charge in [0.15, 0.2) is 9.84 Å². The molecule has 3 aromatic rings. The van der Waals surface area contributed by atoms with Crippen molar-refractivity contribution in [3.8, 4) is 0 Å². The van der Waals surface area contributed by atoms with E-state index < -0.39 is 22.3 Å². The topological polar surface area (TPSA) is 34.1 Å². The van der Waals surface area contributed by atoms with E-state index in [2.05, 4.69) is 43.9 Å². The van der Waals surface area contributed by atoms with Gasteiger partial charge in [-0.3, -0.25) is 0 Å². The van der Waals surface area contributed by atoms with Crippen molar-refractivity contribution in [2.24, 2.45) is 11.8 Å². The van der Waals surface area contributed by atoms with E-state index in [0.717, 1.165) is 12.8 Å². The Balaban J connectivity index is 1.82. The summed E-state index contributed by atoms with van der Waals surface area (Å²) in [7, 11) is -5.58. The first-order valence-corrected chi connectivity index (χ1v) is 15.6. The van der Waals surface area contributed by atoms with Gasteiger partial charge in [0.2, 0.25) is 0 Å². The van der Waals surface area contributed by atoms with Gasteiger partial charge in [0.1, 0.15) is 0 Å². The highest BCUT2D eigenvalue weighted by Crippen LogP contribution is 2.65. The predicted molar refractivity (Wildman–Crippen MR) is 127 cm³/mol. The average molecular weight is 435 g/mol. The van der Waals surface area contributed by atoms with Crippen molar-refractivity contribution in [2.75, 3.05) is 0 Å². The normalized spacial score (nSPS) is 23.8. The molecule has 0 saturated heterocycles. The molecule has 4 heteroatoms. The zero-order chi connectivity index (χ0) is 21.4. The zero-order valence-corrected chi connectivity index (χ0v) is 19.8. The third-order valence-electron chi connectivity index (χ3n) is 6.75. The monoisotopic (exact) mass is 434 g/mol. The average Bonchev–Trinajstić information content (AvgIpc) is 3.38. The molecule has 2 nitrogen and oxygen atoms in total. The van der Waals surface area contributed by atoms with E-state index in [1.165, 1.54) is 11.1 Å². The van der Waals surface area contributed by atoms with Gasteiger partial charge in [-0.15, -0.1) is 0 Å². The maximum Gasteiger partial charge on any atom is 0.181 e. The minimum Gasteiger partial charge on any atom is -0.223 e. The smallest absolute Gasteiger partial charge is 0.181 e. The Hall–Kier alpha value is -2.17. The molecule has 3 aromatic carbocycles. The molecule has 0 bridgehead atoms. The fraction of sp³-hybridized carbons (Fsp3) is 0.308. The fourth-order valence-electron chi connectivity index (χ4n) is 5.54. The van der Waals surface area contributed by atoms with Crippen LogP contribution in [0.1, 0.15) is 11.1 Å². The number of hydrogen-bond donors (Lipinski definition) is 0. The number of benzene rings is 3. The van der Waals surface area contributed by atoms with Crippen LogP contribution in [-0.4, -0.2) is 20.9 Å². The van der Waals surface area contributed by atoms with Crippen LogP contribution in [-0.2, 0) is 22.7 Å². The highest BCUT2D eigenvalue weighted by Gasteiger charge is 2.76. The summed E-state index contributed by atoms with van der Waals surface area (Å²) < 4.78 is 27.7. The lowest BCUT2D eigenvalue weighted by molar-refractivity contribution is 0.583. The lowest BCUT2D eigenvalue weighted by Gasteiger charge is -2.32. The van der Waals surface area contributed by atoms with Gasteiger partial charge < -0.3 is 0 Å². The van der Waals surface area contributed by atoms with Gasteiger partial charge in [-0.05, 0) is 47.9 Å². The van der Waals surface area contributed by atoms with E-state index >= 15 is 0 Å². The molecule has 0 aromatic heterocycles. The van der Waals surface area contributed by atoms with Gasteiger partial charge in [0.05, 0.1) is 17.3 Å². The Labute approximate surface area is 181 Å². The first-order valence-electron chi connectivity index (χ1n) is 10.7. The molecule has 0 heterocycles. The van der Waals surface area contributed by atoms with Gasteiger partial charge in [-0.1, -0.05) is 98.5 Å². The molecule has 3 atom stereocenters. The molecule has 0 radical (unpaired) electrons. The van der Waals surface area contributed by atoms with Gasteiger partial charge in [0, 0.05) is 0 Å². The highest BCUT2D eigenvalue weighted by molar-refractivity contribution is 7.95. The second kappa shape index (κ2) is 7.82. The molecule has 1 aliphatic carbocycles. The van der Waals surface area contributed by atoms with E-state index in [4.69, 9.17) is 0 Å². The van der Waals surface area contributed by atoms with Gasteiger partial charge >= 0.3 is 0 Å². The van der Waals surface area contributed by atoms with Crippen molar-refractivity contribution in [1.82, 2.24) is 0 Å².